The van der Waals surface area contributed by atoms with Crippen LogP contribution in [0, 0.1) is 5.92 Å². The Hall–Kier alpha value is -1.53. The highest BCUT2D eigenvalue weighted by molar-refractivity contribution is 5.87. The van der Waals surface area contributed by atoms with Gasteiger partial charge in [-0.05, 0) is 12.0 Å². The van der Waals surface area contributed by atoms with Crippen molar-refractivity contribution in [2.24, 2.45) is 5.92 Å². The maximum absolute atomic E-state index is 13.7. The number of rotatable bonds is 3. The van der Waals surface area contributed by atoms with Crippen LogP contribution >= 0.6 is 0 Å². The van der Waals surface area contributed by atoms with Crippen molar-refractivity contribution in [3.8, 4) is 0 Å². The largest absolute Gasteiger partial charge is 0.375 e. The summed E-state index contributed by atoms with van der Waals surface area (Å²) in [5.74, 6) is -4.02. The van der Waals surface area contributed by atoms with E-state index in [9.17, 15) is 18.7 Å². The van der Waals surface area contributed by atoms with Gasteiger partial charge in [-0.1, -0.05) is 30.3 Å². The van der Waals surface area contributed by atoms with Crippen LogP contribution in [0.2, 0.25) is 0 Å². The number of aliphatic hydroxyl groups is 1. The molecule has 1 aliphatic heterocycles. The predicted molar refractivity (Wildman–Crippen MR) is 82.1 cm³/mol. The standard InChI is InChI=1S/C17H22F2N2O2/c18-16(19)7-6-14(12-16)17(23,13-4-2-1-3-5-13)15(22)21-10-8-20-9-11-21/h1-5,14,20,23H,6-12H2/t14-,17+/m1/s1. The number of amides is 1. The fraction of sp³-hybridized carbons (Fsp3) is 0.588. The van der Waals surface area contributed by atoms with Crippen molar-refractivity contribution >= 4 is 5.91 Å². The van der Waals surface area contributed by atoms with Gasteiger partial charge in [0.05, 0.1) is 0 Å². The van der Waals surface area contributed by atoms with E-state index >= 15 is 0 Å². The zero-order chi connectivity index (χ0) is 16.5. The second-order valence-corrected chi connectivity index (χ2v) is 6.47. The number of benzene rings is 1. The number of nitrogens with zero attached hydrogens (tertiary/aromatic N) is 1. The second kappa shape index (κ2) is 6.17. The third kappa shape index (κ3) is 3.10. The van der Waals surface area contributed by atoms with Crippen LogP contribution in [0.15, 0.2) is 30.3 Å². The summed E-state index contributed by atoms with van der Waals surface area (Å²) >= 11 is 0. The Morgan fingerprint density at radius 3 is 2.48 bits per heavy atom. The minimum absolute atomic E-state index is 0.149. The van der Waals surface area contributed by atoms with Crippen molar-refractivity contribution in [2.45, 2.75) is 30.8 Å². The van der Waals surface area contributed by atoms with Crippen molar-refractivity contribution in [2.75, 3.05) is 26.2 Å². The molecular formula is C17H22F2N2O2. The summed E-state index contributed by atoms with van der Waals surface area (Å²) < 4.78 is 27.4. The number of piperazine rings is 1. The molecule has 6 heteroatoms. The van der Waals surface area contributed by atoms with Crippen LogP contribution in [0.3, 0.4) is 0 Å². The molecule has 0 radical (unpaired) electrons. The first-order chi connectivity index (χ1) is 10.9. The SMILES string of the molecule is O=C(N1CCNCC1)[C@](O)(c1ccccc1)[C@@H]1CCC(F)(F)C1. The fourth-order valence-electron chi connectivity index (χ4n) is 3.64. The number of alkyl halides is 2. The lowest BCUT2D eigenvalue weighted by molar-refractivity contribution is -0.161. The van der Waals surface area contributed by atoms with E-state index < -0.39 is 29.8 Å². The fourth-order valence-corrected chi connectivity index (χ4v) is 3.64. The van der Waals surface area contributed by atoms with Crippen LogP contribution in [0.1, 0.15) is 24.8 Å². The number of carbonyl (C=O) groups is 1. The highest BCUT2D eigenvalue weighted by Gasteiger charge is 2.54. The molecule has 23 heavy (non-hydrogen) atoms. The Morgan fingerprint density at radius 1 is 1.26 bits per heavy atom. The van der Waals surface area contributed by atoms with Gasteiger partial charge in [0, 0.05) is 44.9 Å². The lowest BCUT2D eigenvalue weighted by atomic mass is 9.78. The van der Waals surface area contributed by atoms with Crippen LogP contribution < -0.4 is 5.32 Å². The lowest BCUT2D eigenvalue weighted by Gasteiger charge is -2.39. The molecule has 2 aliphatic rings. The van der Waals surface area contributed by atoms with Crippen molar-refractivity contribution in [3.05, 3.63) is 35.9 Å². The molecule has 126 valence electrons. The third-order valence-electron chi connectivity index (χ3n) is 4.94. The highest BCUT2D eigenvalue weighted by atomic mass is 19.3. The first kappa shape index (κ1) is 16.3. The van der Waals surface area contributed by atoms with Gasteiger partial charge >= 0.3 is 0 Å². The van der Waals surface area contributed by atoms with Crippen molar-refractivity contribution in [1.29, 1.82) is 0 Å². The van der Waals surface area contributed by atoms with Crippen LogP contribution in [0.5, 0.6) is 0 Å². The van der Waals surface area contributed by atoms with E-state index in [1.807, 2.05) is 0 Å². The minimum atomic E-state index is -2.81. The summed E-state index contributed by atoms with van der Waals surface area (Å²) in [6, 6.07) is 8.52. The molecular weight excluding hydrogens is 302 g/mol. The van der Waals surface area contributed by atoms with Crippen molar-refractivity contribution in [1.82, 2.24) is 10.2 Å². The minimum Gasteiger partial charge on any atom is -0.375 e. The highest BCUT2D eigenvalue weighted by Crippen LogP contribution is 2.48. The van der Waals surface area contributed by atoms with E-state index in [1.54, 1.807) is 35.2 Å². The van der Waals surface area contributed by atoms with E-state index in [1.165, 1.54) is 0 Å². The normalized spacial score (nSPS) is 26.7. The summed E-state index contributed by atoms with van der Waals surface area (Å²) in [7, 11) is 0. The zero-order valence-electron chi connectivity index (χ0n) is 13.0. The molecule has 1 saturated carbocycles. The van der Waals surface area contributed by atoms with Crippen LogP contribution in [0.25, 0.3) is 0 Å². The summed E-state index contributed by atoms with van der Waals surface area (Å²) in [6.07, 6.45) is -0.575. The summed E-state index contributed by atoms with van der Waals surface area (Å²) in [5, 5.41) is 14.4. The summed E-state index contributed by atoms with van der Waals surface area (Å²) in [4.78, 5) is 14.6. The van der Waals surface area contributed by atoms with Crippen LogP contribution in [-0.2, 0) is 10.4 Å². The first-order valence-corrected chi connectivity index (χ1v) is 8.09. The van der Waals surface area contributed by atoms with Gasteiger partial charge in [-0.15, -0.1) is 0 Å². The van der Waals surface area contributed by atoms with Gasteiger partial charge in [0.25, 0.3) is 5.91 Å². The van der Waals surface area contributed by atoms with E-state index in [-0.39, 0.29) is 12.8 Å². The monoisotopic (exact) mass is 324 g/mol. The number of hydrogen-bond acceptors (Lipinski definition) is 3. The van der Waals surface area contributed by atoms with E-state index in [2.05, 4.69) is 5.32 Å². The van der Waals surface area contributed by atoms with E-state index in [0.29, 0.717) is 31.7 Å². The average Bonchev–Trinajstić information content (AvgIpc) is 2.95. The molecule has 4 nitrogen and oxygen atoms in total. The van der Waals surface area contributed by atoms with Gasteiger partial charge in [0.1, 0.15) is 0 Å². The van der Waals surface area contributed by atoms with Gasteiger partial charge in [-0.2, -0.15) is 0 Å². The molecule has 1 aromatic rings. The maximum atomic E-state index is 13.7. The average molecular weight is 324 g/mol. The van der Waals surface area contributed by atoms with Crippen LogP contribution in [-0.4, -0.2) is 48.0 Å². The molecule has 2 atom stereocenters. The maximum Gasteiger partial charge on any atom is 0.259 e. The molecule has 1 amide bonds. The van der Waals surface area contributed by atoms with Crippen LogP contribution in [0.4, 0.5) is 8.78 Å². The molecule has 2 fully saturated rings. The Bertz CT molecular complexity index is 561. The predicted octanol–water partition coefficient (Wildman–Crippen LogP) is 1.74. The zero-order valence-corrected chi connectivity index (χ0v) is 13.0. The topological polar surface area (TPSA) is 52.6 Å². The van der Waals surface area contributed by atoms with Gasteiger partial charge < -0.3 is 15.3 Å². The molecule has 2 N–H and O–H groups in total. The summed E-state index contributed by atoms with van der Waals surface area (Å²) in [5.41, 5.74) is -1.47. The molecule has 1 aliphatic carbocycles. The Morgan fingerprint density at radius 2 is 1.91 bits per heavy atom. The van der Waals surface area contributed by atoms with Crippen molar-refractivity contribution in [3.63, 3.8) is 0 Å². The molecule has 1 saturated heterocycles. The summed E-state index contributed by atoms with van der Waals surface area (Å²) in [6.45, 7) is 2.27. The van der Waals surface area contributed by atoms with E-state index in [4.69, 9.17) is 0 Å². The number of halogens is 2. The molecule has 0 aromatic heterocycles. The second-order valence-electron chi connectivity index (χ2n) is 6.47. The van der Waals surface area contributed by atoms with Gasteiger partial charge in [-0.3, -0.25) is 4.79 Å². The number of nitrogens with one attached hydrogen (secondary N) is 1. The molecule has 3 rings (SSSR count). The molecule has 1 aromatic carbocycles. The Kier molecular flexibility index (Phi) is 4.38. The number of carbonyl (C=O) groups excluding carboxylic acids is 1. The number of hydrogen-bond donors (Lipinski definition) is 2. The van der Waals surface area contributed by atoms with Gasteiger partial charge in [0.15, 0.2) is 5.60 Å². The molecule has 0 unspecified atom stereocenters. The molecule has 0 spiro atoms. The third-order valence-corrected chi connectivity index (χ3v) is 4.94. The van der Waals surface area contributed by atoms with Gasteiger partial charge in [-0.25, -0.2) is 8.78 Å². The van der Waals surface area contributed by atoms with Crippen molar-refractivity contribution < 1.29 is 18.7 Å². The van der Waals surface area contributed by atoms with E-state index in [0.717, 1.165) is 0 Å². The Labute approximate surface area is 134 Å². The molecule has 0 bridgehead atoms. The van der Waals surface area contributed by atoms with Gasteiger partial charge in [0.2, 0.25) is 5.92 Å². The Balaban J connectivity index is 1.95. The quantitative estimate of drug-likeness (QED) is 0.890. The first-order valence-electron chi connectivity index (χ1n) is 8.09. The molecule has 1 heterocycles. The smallest absolute Gasteiger partial charge is 0.259 e. The lowest BCUT2D eigenvalue weighted by Crippen LogP contribution is -2.56.